The van der Waals surface area contributed by atoms with E-state index in [4.69, 9.17) is 0 Å². The molecule has 0 aliphatic carbocycles. The summed E-state index contributed by atoms with van der Waals surface area (Å²) in [5, 5.41) is 0. The van der Waals surface area contributed by atoms with E-state index in [0.717, 1.165) is 5.69 Å². The van der Waals surface area contributed by atoms with Crippen molar-refractivity contribution < 1.29 is 8.42 Å². The number of benzene rings is 1. The van der Waals surface area contributed by atoms with Crippen LogP contribution in [0.15, 0.2) is 29.2 Å². The van der Waals surface area contributed by atoms with E-state index in [1.165, 1.54) is 6.26 Å². The fourth-order valence-corrected chi connectivity index (χ4v) is 1.56. The molecule has 0 atom stereocenters. The first kappa shape index (κ1) is 10.0. The average Bonchev–Trinajstić information content (AvgIpc) is 2.04. The molecule has 0 spiro atoms. The second-order valence-electron chi connectivity index (χ2n) is 2.67. The third-order valence-electron chi connectivity index (χ3n) is 1.55. The van der Waals surface area contributed by atoms with Gasteiger partial charge in [0.05, 0.1) is 4.90 Å². The second-order valence-corrected chi connectivity index (χ2v) is 4.69. The largest absolute Gasteiger partial charge is 0.322 e. The van der Waals surface area contributed by atoms with Gasteiger partial charge in [-0.3, -0.25) is 0 Å². The third kappa shape index (κ3) is 2.71. The molecule has 0 aliphatic rings. The van der Waals surface area contributed by atoms with Crippen LogP contribution in [-0.4, -0.2) is 21.7 Å². The third-order valence-corrected chi connectivity index (χ3v) is 2.68. The highest BCUT2D eigenvalue weighted by atomic mass is 32.2. The van der Waals surface area contributed by atoms with Gasteiger partial charge in [-0.25, -0.2) is 13.8 Å². The van der Waals surface area contributed by atoms with Crippen LogP contribution in [-0.2, 0) is 9.84 Å². The molecule has 0 heterocycles. The molecule has 0 aliphatic heterocycles. The molecule has 0 saturated heterocycles. The van der Waals surface area contributed by atoms with E-state index >= 15 is 0 Å². The summed E-state index contributed by atoms with van der Waals surface area (Å²) in [4.78, 5) is 0.328. The van der Waals surface area contributed by atoms with Crippen molar-refractivity contribution in [3.63, 3.8) is 0 Å². The van der Waals surface area contributed by atoms with Crippen LogP contribution in [0.25, 0.3) is 0 Å². The number of rotatable bonds is 3. The Kier molecular flexibility index (Phi) is 2.90. The Hall–Kier alpha value is -1.07. The first-order valence-electron chi connectivity index (χ1n) is 3.77. The Bertz CT molecular complexity index is 370. The summed E-state index contributed by atoms with van der Waals surface area (Å²) in [6.07, 6.45) is 1.19. The Morgan fingerprint density at radius 2 is 1.69 bits per heavy atom. The summed E-state index contributed by atoms with van der Waals surface area (Å²) in [6.45, 7) is 0. The molecule has 4 nitrogen and oxygen atoms in total. The minimum atomic E-state index is -3.08. The predicted octanol–water partition coefficient (Wildman–Crippen LogP) is 0.636. The molecular weight excluding hydrogens is 188 g/mol. The zero-order chi connectivity index (χ0) is 9.90. The molecule has 2 N–H and O–H groups in total. The van der Waals surface area contributed by atoms with E-state index in [9.17, 15) is 8.42 Å². The van der Waals surface area contributed by atoms with Gasteiger partial charge in [0.1, 0.15) is 0 Å². The molecule has 1 aromatic rings. The van der Waals surface area contributed by atoms with Crippen molar-refractivity contribution in [2.24, 2.45) is 0 Å². The Labute approximate surface area is 77.9 Å². The van der Waals surface area contributed by atoms with Crippen LogP contribution >= 0.6 is 0 Å². The smallest absolute Gasteiger partial charge is 0.175 e. The van der Waals surface area contributed by atoms with E-state index in [1.54, 1.807) is 31.3 Å². The molecule has 0 aromatic heterocycles. The van der Waals surface area contributed by atoms with Gasteiger partial charge in [-0.15, -0.1) is 0 Å². The molecule has 0 saturated carbocycles. The van der Waals surface area contributed by atoms with E-state index < -0.39 is 9.84 Å². The van der Waals surface area contributed by atoms with Crippen LogP contribution in [0.3, 0.4) is 0 Å². The van der Waals surface area contributed by atoms with Crippen LogP contribution < -0.4 is 10.9 Å². The topological polar surface area (TPSA) is 58.2 Å². The van der Waals surface area contributed by atoms with Crippen molar-refractivity contribution in [2.75, 3.05) is 18.7 Å². The second kappa shape index (κ2) is 3.76. The lowest BCUT2D eigenvalue weighted by Crippen LogP contribution is -2.14. The molecule has 72 valence electrons. The minimum absolute atomic E-state index is 0.328. The normalized spacial score (nSPS) is 11.2. The maximum absolute atomic E-state index is 11.1. The maximum Gasteiger partial charge on any atom is 0.175 e. The van der Waals surface area contributed by atoms with E-state index in [0.29, 0.717) is 4.90 Å². The fourth-order valence-electron chi connectivity index (χ4n) is 0.930. The molecule has 0 amide bonds. The minimum Gasteiger partial charge on any atom is -0.322 e. The number of nitrogens with one attached hydrogen (secondary N) is 2. The Balaban J connectivity index is 2.94. The van der Waals surface area contributed by atoms with Crippen molar-refractivity contribution in [3.05, 3.63) is 24.3 Å². The van der Waals surface area contributed by atoms with Gasteiger partial charge >= 0.3 is 0 Å². The first-order valence-corrected chi connectivity index (χ1v) is 5.66. The Morgan fingerprint density at radius 3 is 2.08 bits per heavy atom. The summed E-state index contributed by atoms with van der Waals surface area (Å²) < 4.78 is 22.1. The summed E-state index contributed by atoms with van der Waals surface area (Å²) in [7, 11) is -1.34. The van der Waals surface area contributed by atoms with Crippen molar-refractivity contribution in [3.8, 4) is 0 Å². The van der Waals surface area contributed by atoms with Crippen molar-refractivity contribution in [2.45, 2.75) is 4.90 Å². The van der Waals surface area contributed by atoms with E-state index in [1.807, 2.05) is 0 Å². The molecule has 1 rings (SSSR count). The molecule has 13 heavy (non-hydrogen) atoms. The highest BCUT2D eigenvalue weighted by Gasteiger charge is 2.05. The zero-order valence-corrected chi connectivity index (χ0v) is 8.35. The molecule has 0 fully saturated rings. The zero-order valence-electron chi connectivity index (χ0n) is 7.53. The van der Waals surface area contributed by atoms with Gasteiger partial charge in [0.25, 0.3) is 0 Å². The van der Waals surface area contributed by atoms with Gasteiger partial charge < -0.3 is 5.43 Å². The van der Waals surface area contributed by atoms with Gasteiger partial charge in [0, 0.05) is 19.0 Å². The van der Waals surface area contributed by atoms with Crippen LogP contribution in [0, 0.1) is 0 Å². The number of anilines is 1. The van der Waals surface area contributed by atoms with E-state index in [-0.39, 0.29) is 0 Å². The quantitative estimate of drug-likeness (QED) is 0.703. The number of hydrazine groups is 1. The van der Waals surface area contributed by atoms with Gasteiger partial charge in [0.2, 0.25) is 0 Å². The monoisotopic (exact) mass is 200 g/mol. The molecule has 0 unspecified atom stereocenters. The molecule has 0 bridgehead atoms. The van der Waals surface area contributed by atoms with Crippen LogP contribution in [0.5, 0.6) is 0 Å². The maximum atomic E-state index is 11.1. The van der Waals surface area contributed by atoms with Gasteiger partial charge in [0.15, 0.2) is 9.84 Å². The van der Waals surface area contributed by atoms with Crippen molar-refractivity contribution in [1.29, 1.82) is 0 Å². The summed E-state index contributed by atoms with van der Waals surface area (Å²) in [5.74, 6) is 0. The molecule has 5 heteroatoms. The average molecular weight is 200 g/mol. The summed E-state index contributed by atoms with van der Waals surface area (Å²) in [6, 6.07) is 6.53. The fraction of sp³-hybridized carbons (Fsp3) is 0.250. The first-order chi connectivity index (χ1) is 6.04. The van der Waals surface area contributed by atoms with Gasteiger partial charge in [-0.05, 0) is 24.3 Å². The van der Waals surface area contributed by atoms with Crippen LogP contribution in [0.4, 0.5) is 5.69 Å². The number of hydrogen-bond acceptors (Lipinski definition) is 4. The molecule has 0 radical (unpaired) electrons. The van der Waals surface area contributed by atoms with Gasteiger partial charge in [-0.1, -0.05) is 0 Å². The van der Waals surface area contributed by atoms with Crippen molar-refractivity contribution in [1.82, 2.24) is 5.43 Å². The lowest BCUT2D eigenvalue weighted by Gasteiger charge is -2.04. The number of hydrogen-bond donors (Lipinski definition) is 2. The lowest BCUT2D eigenvalue weighted by atomic mass is 10.3. The standard InChI is InChI=1S/C8H12N2O2S/c1-9-10-7-3-5-8(6-4-7)13(2,11)12/h3-6,9-10H,1-2H3. The van der Waals surface area contributed by atoms with Crippen LogP contribution in [0.1, 0.15) is 0 Å². The van der Waals surface area contributed by atoms with E-state index in [2.05, 4.69) is 10.9 Å². The van der Waals surface area contributed by atoms with Crippen molar-refractivity contribution >= 4 is 15.5 Å². The highest BCUT2D eigenvalue weighted by Crippen LogP contribution is 2.12. The highest BCUT2D eigenvalue weighted by molar-refractivity contribution is 7.90. The summed E-state index contributed by atoms with van der Waals surface area (Å²) in [5.41, 5.74) is 6.41. The number of sulfone groups is 1. The predicted molar refractivity (Wildman–Crippen MR) is 52.2 cm³/mol. The Morgan fingerprint density at radius 1 is 1.15 bits per heavy atom. The lowest BCUT2D eigenvalue weighted by molar-refractivity contribution is 0.602. The molecule has 1 aromatic carbocycles. The van der Waals surface area contributed by atoms with Crippen LogP contribution in [0.2, 0.25) is 0 Å². The molecular formula is C8H12N2O2S. The van der Waals surface area contributed by atoms with Gasteiger partial charge in [-0.2, -0.15) is 0 Å². The summed E-state index contributed by atoms with van der Waals surface area (Å²) >= 11 is 0. The SMILES string of the molecule is CNNc1ccc(S(C)(=O)=O)cc1.